The molecule has 29 heavy (non-hydrogen) atoms. The maximum atomic E-state index is 13.2. The monoisotopic (exact) mass is 421 g/mol. The van der Waals surface area contributed by atoms with E-state index in [1.165, 1.54) is 24.2 Å². The summed E-state index contributed by atoms with van der Waals surface area (Å²) in [7, 11) is 0. The third-order valence-corrected chi connectivity index (χ3v) is 6.60. The predicted molar refractivity (Wildman–Crippen MR) is 109 cm³/mol. The number of carbonyl (C=O) groups is 2. The molecule has 1 aromatic rings. The van der Waals surface area contributed by atoms with Crippen molar-refractivity contribution in [2.24, 2.45) is 0 Å². The van der Waals surface area contributed by atoms with E-state index in [0.29, 0.717) is 36.3 Å². The zero-order valence-electron chi connectivity index (χ0n) is 16.5. The second kappa shape index (κ2) is 8.79. The molecule has 158 valence electrons. The van der Waals surface area contributed by atoms with Crippen molar-refractivity contribution < 1.29 is 19.4 Å². The van der Waals surface area contributed by atoms with Gasteiger partial charge in [0, 0.05) is 43.7 Å². The highest BCUT2D eigenvalue weighted by molar-refractivity contribution is 6.30. The molecule has 2 atom stereocenters. The number of rotatable bonds is 4. The Morgan fingerprint density at radius 3 is 2.45 bits per heavy atom. The fraction of sp³-hybridized carbons (Fsp3) is 0.619. The smallest absolute Gasteiger partial charge is 0.408 e. The van der Waals surface area contributed by atoms with Crippen molar-refractivity contribution in [2.75, 3.05) is 32.7 Å². The maximum Gasteiger partial charge on any atom is 0.408 e. The highest BCUT2D eigenvalue weighted by Gasteiger charge is 2.43. The molecule has 0 spiro atoms. The van der Waals surface area contributed by atoms with Gasteiger partial charge in [-0.05, 0) is 43.5 Å². The summed E-state index contributed by atoms with van der Waals surface area (Å²) in [6.07, 6.45) is 3.70. The Hall–Kier alpha value is -1.99. The summed E-state index contributed by atoms with van der Waals surface area (Å²) < 4.78 is 5.93. The van der Waals surface area contributed by atoms with E-state index < -0.39 is 12.1 Å². The first kappa shape index (κ1) is 20.3. The number of hydrogen-bond acceptors (Lipinski definition) is 4. The van der Waals surface area contributed by atoms with Crippen LogP contribution in [0.15, 0.2) is 24.3 Å². The molecule has 0 aromatic heterocycles. The van der Waals surface area contributed by atoms with Crippen LogP contribution in [-0.4, -0.2) is 82.7 Å². The highest BCUT2D eigenvalue weighted by atomic mass is 35.5. The van der Waals surface area contributed by atoms with Crippen LogP contribution in [0.25, 0.3) is 0 Å². The first-order chi connectivity index (χ1) is 14.0. The molecule has 2 aliphatic heterocycles. The normalized spacial score (nSPS) is 26.1. The summed E-state index contributed by atoms with van der Waals surface area (Å²) in [6.45, 7) is 3.44. The molecule has 1 aliphatic carbocycles. The quantitative estimate of drug-likeness (QED) is 0.809. The molecular weight excluding hydrogens is 394 g/mol. The van der Waals surface area contributed by atoms with Crippen LogP contribution in [0.3, 0.4) is 0 Å². The molecule has 7 nitrogen and oxygen atoms in total. The molecule has 0 radical (unpaired) electrons. The van der Waals surface area contributed by atoms with Crippen molar-refractivity contribution in [1.82, 2.24) is 14.7 Å². The molecule has 0 unspecified atom stereocenters. The van der Waals surface area contributed by atoms with Gasteiger partial charge in [-0.2, -0.15) is 0 Å². The van der Waals surface area contributed by atoms with Gasteiger partial charge in [-0.1, -0.05) is 18.0 Å². The molecule has 1 N–H and O–H groups in total. The molecule has 1 aromatic carbocycles. The minimum atomic E-state index is -1.07. The summed E-state index contributed by atoms with van der Waals surface area (Å²) in [6, 6.07) is 6.96. The number of nitrogens with zero attached hydrogens (tertiary/aromatic N) is 3. The summed E-state index contributed by atoms with van der Waals surface area (Å²) in [5.74, 6) is 0.536. The lowest BCUT2D eigenvalue weighted by atomic mass is 9.91. The average Bonchev–Trinajstić information content (AvgIpc) is 2.93. The first-order valence-corrected chi connectivity index (χ1v) is 10.8. The van der Waals surface area contributed by atoms with Crippen molar-refractivity contribution >= 4 is 23.6 Å². The Labute approximate surface area is 176 Å². The van der Waals surface area contributed by atoms with Crippen LogP contribution in [0.5, 0.6) is 5.75 Å². The molecule has 2 heterocycles. The molecule has 2 amide bonds. The van der Waals surface area contributed by atoms with Gasteiger partial charge in [0.1, 0.15) is 17.9 Å². The Kier molecular flexibility index (Phi) is 6.15. The molecule has 3 aliphatic rings. The number of carbonyl (C=O) groups excluding carboxylic acids is 1. The third-order valence-electron chi connectivity index (χ3n) is 6.34. The molecule has 1 saturated carbocycles. The van der Waals surface area contributed by atoms with Crippen LogP contribution >= 0.6 is 11.6 Å². The topological polar surface area (TPSA) is 73.3 Å². The number of halogens is 1. The van der Waals surface area contributed by atoms with E-state index in [1.54, 1.807) is 24.3 Å². The lowest BCUT2D eigenvalue weighted by molar-refractivity contribution is -0.135. The molecular formula is C21H28ClN3O4. The van der Waals surface area contributed by atoms with Crippen molar-refractivity contribution in [2.45, 2.75) is 50.3 Å². The van der Waals surface area contributed by atoms with E-state index in [-0.39, 0.29) is 18.6 Å². The molecule has 0 bridgehead atoms. The van der Waals surface area contributed by atoms with Crippen LogP contribution in [-0.2, 0) is 4.79 Å². The van der Waals surface area contributed by atoms with Gasteiger partial charge in [-0.3, -0.25) is 14.6 Å². The largest absolute Gasteiger partial charge is 0.488 e. The summed E-state index contributed by atoms with van der Waals surface area (Å²) >= 11 is 5.90. The number of likely N-dealkylation sites (tertiary alicyclic amines) is 1. The lowest BCUT2D eigenvalue weighted by Gasteiger charge is -2.36. The standard InChI is InChI=1S/C21H28ClN3O4/c22-15-5-7-17(8-6-15)29-18-13-19(25(14-18)21(27)28)20(26)24-10-2-9-23(11-12-24)16-3-1-4-16/h5-8,16,18-19H,1-4,9-14H2,(H,27,28)/t18-,19+/m0/s1. The molecule has 4 rings (SSSR count). The fourth-order valence-corrected chi connectivity index (χ4v) is 4.65. The molecule has 8 heteroatoms. The summed E-state index contributed by atoms with van der Waals surface area (Å²) in [5, 5.41) is 10.2. The molecule has 3 fully saturated rings. The van der Waals surface area contributed by atoms with Gasteiger partial charge in [0.2, 0.25) is 5.91 Å². The zero-order chi connectivity index (χ0) is 20.4. The van der Waals surface area contributed by atoms with E-state index in [0.717, 1.165) is 19.5 Å². The zero-order valence-corrected chi connectivity index (χ0v) is 17.3. The average molecular weight is 422 g/mol. The summed E-state index contributed by atoms with van der Waals surface area (Å²) in [5.41, 5.74) is 0. The van der Waals surface area contributed by atoms with Crippen molar-refractivity contribution in [1.29, 1.82) is 0 Å². The minimum Gasteiger partial charge on any atom is -0.488 e. The van der Waals surface area contributed by atoms with Gasteiger partial charge in [0.15, 0.2) is 0 Å². The number of amides is 2. The van der Waals surface area contributed by atoms with Crippen molar-refractivity contribution in [3.63, 3.8) is 0 Å². The van der Waals surface area contributed by atoms with Gasteiger partial charge < -0.3 is 14.7 Å². The van der Waals surface area contributed by atoms with Crippen LogP contribution < -0.4 is 4.74 Å². The van der Waals surface area contributed by atoms with Gasteiger partial charge in [-0.15, -0.1) is 0 Å². The van der Waals surface area contributed by atoms with Crippen molar-refractivity contribution in [3.05, 3.63) is 29.3 Å². The van der Waals surface area contributed by atoms with E-state index >= 15 is 0 Å². The predicted octanol–water partition coefficient (Wildman–Crippen LogP) is 2.93. The Morgan fingerprint density at radius 1 is 1.03 bits per heavy atom. The second-order valence-electron chi connectivity index (χ2n) is 8.18. The number of benzene rings is 1. The minimum absolute atomic E-state index is 0.0925. The number of carboxylic acid groups (broad SMARTS) is 1. The van der Waals surface area contributed by atoms with Gasteiger partial charge in [0.25, 0.3) is 0 Å². The highest BCUT2D eigenvalue weighted by Crippen LogP contribution is 2.28. The van der Waals surface area contributed by atoms with E-state index in [2.05, 4.69) is 4.90 Å². The SMILES string of the molecule is O=C([C@H]1C[C@H](Oc2ccc(Cl)cc2)CN1C(=O)O)N1CCCN(C2CCC2)CC1. The van der Waals surface area contributed by atoms with Crippen LogP contribution in [0.2, 0.25) is 5.02 Å². The number of hydrogen-bond donors (Lipinski definition) is 1. The Morgan fingerprint density at radius 2 is 1.79 bits per heavy atom. The first-order valence-electron chi connectivity index (χ1n) is 10.5. The van der Waals surface area contributed by atoms with Crippen LogP contribution in [0.4, 0.5) is 4.79 Å². The Balaban J connectivity index is 1.39. The second-order valence-corrected chi connectivity index (χ2v) is 8.62. The van der Waals surface area contributed by atoms with Crippen LogP contribution in [0.1, 0.15) is 32.1 Å². The van der Waals surface area contributed by atoms with Gasteiger partial charge in [0.05, 0.1) is 6.54 Å². The molecule has 2 saturated heterocycles. The van der Waals surface area contributed by atoms with Gasteiger partial charge >= 0.3 is 6.09 Å². The third kappa shape index (κ3) is 4.61. The van der Waals surface area contributed by atoms with Crippen LogP contribution in [0, 0.1) is 0 Å². The number of ether oxygens (including phenoxy) is 1. The Bertz CT molecular complexity index is 740. The summed E-state index contributed by atoms with van der Waals surface area (Å²) in [4.78, 5) is 30.5. The van der Waals surface area contributed by atoms with Crippen molar-refractivity contribution in [3.8, 4) is 5.75 Å². The maximum absolute atomic E-state index is 13.2. The van der Waals surface area contributed by atoms with E-state index in [9.17, 15) is 14.7 Å². The lowest BCUT2D eigenvalue weighted by Crippen LogP contribution is -2.49. The fourth-order valence-electron chi connectivity index (χ4n) is 4.52. The van der Waals surface area contributed by atoms with E-state index in [1.807, 2.05) is 4.90 Å². The van der Waals surface area contributed by atoms with E-state index in [4.69, 9.17) is 16.3 Å². The van der Waals surface area contributed by atoms with Gasteiger partial charge in [-0.25, -0.2) is 4.79 Å².